The van der Waals surface area contributed by atoms with Crippen molar-refractivity contribution in [2.75, 3.05) is 5.32 Å². The number of carbonyl (C=O) groups is 1. The molecular formula is C13H16N4O. The molecule has 1 aromatic heterocycles. The number of nitrogens with one attached hydrogen (secondary N) is 1. The molecule has 0 aliphatic heterocycles. The number of aromatic nitrogens is 2. The van der Waals surface area contributed by atoms with Crippen LogP contribution in [0.25, 0.3) is 11.3 Å². The lowest BCUT2D eigenvalue weighted by molar-refractivity contribution is -0.114. The van der Waals surface area contributed by atoms with Gasteiger partial charge in [-0.1, -0.05) is 12.1 Å². The van der Waals surface area contributed by atoms with Crippen LogP contribution in [0.2, 0.25) is 0 Å². The number of hydrogen-bond acceptors (Lipinski definition) is 3. The molecule has 0 bridgehead atoms. The highest BCUT2D eigenvalue weighted by Crippen LogP contribution is 2.20. The summed E-state index contributed by atoms with van der Waals surface area (Å²) in [5.74, 6) is -0.0778. The molecule has 0 aliphatic rings. The molecule has 94 valence electrons. The van der Waals surface area contributed by atoms with Gasteiger partial charge in [0.15, 0.2) is 0 Å². The van der Waals surface area contributed by atoms with E-state index < -0.39 is 0 Å². The van der Waals surface area contributed by atoms with Crippen molar-refractivity contribution >= 4 is 11.6 Å². The van der Waals surface area contributed by atoms with Crippen LogP contribution in [0.15, 0.2) is 30.3 Å². The molecule has 0 saturated heterocycles. The molecular weight excluding hydrogens is 228 g/mol. The van der Waals surface area contributed by atoms with Crippen molar-refractivity contribution in [1.29, 1.82) is 0 Å². The summed E-state index contributed by atoms with van der Waals surface area (Å²) in [7, 11) is 1.87. The molecule has 0 atom stereocenters. The number of rotatable bonds is 3. The largest absolute Gasteiger partial charge is 0.326 e. The number of hydrogen-bond donors (Lipinski definition) is 2. The molecule has 1 aromatic carbocycles. The monoisotopic (exact) mass is 244 g/mol. The summed E-state index contributed by atoms with van der Waals surface area (Å²) in [6.07, 6.45) is 0. The zero-order valence-electron chi connectivity index (χ0n) is 10.5. The number of nitrogens with two attached hydrogens (primary N) is 1. The van der Waals surface area contributed by atoms with E-state index in [4.69, 9.17) is 5.73 Å². The molecule has 0 radical (unpaired) electrons. The van der Waals surface area contributed by atoms with Gasteiger partial charge in [0.1, 0.15) is 0 Å². The van der Waals surface area contributed by atoms with E-state index in [2.05, 4.69) is 10.4 Å². The van der Waals surface area contributed by atoms with Gasteiger partial charge in [-0.2, -0.15) is 5.10 Å². The zero-order valence-corrected chi connectivity index (χ0v) is 10.5. The zero-order chi connectivity index (χ0) is 13.1. The summed E-state index contributed by atoms with van der Waals surface area (Å²) < 4.78 is 1.77. The Labute approximate surface area is 106 Å². The fraction of sp³-hybridized carbons (Fsp3) is 0.231. The van der Waals surface area contributed by atoms with Gasteiger partial charge in [0, 0.05) is 31.8 Å². The molecule has 2 rings (SSSR count). The third-order valence-electron chi connectivity index (χ3n) is 2.69. The lowest BCUT2D eigenvalue weighted by Gasteiger charge is -2.02. The van der Waals surface area contributed by atoms with Crippen molar-refractivity contribution < 1.29 is 4.79 Å². The van der Waals surface area contributed by atoms with E-state index in [0.29, 0.717) is 6.54 Å². The topological polar surface area (TPSA) is 72.9 Å². The van der Waals surface area contributed by atoms with Gasteiger partial charge in [0.2, 0.25) is 5.91 Å². The van der Waals surface area contributed by atoms with Crippen LogP contribution in [0.5, 0.6) is 0 Å². The molecule has 0 spiro atoms. The Morgan fingerprint density at radius 2 is 2.06 bits per heavy atom. The number of benzene rings is 1. The summed E-state index contributed by atoms with van der Waals surface area (Å²) in [6, 6.07) is 9.52. The molecule has 5 nitrogen and oxygen atoms in total. The van der Waals surface area contributed by atoms with Crippen LogP contribution in [0.4, 0.5) is 5.69 Å². The Kier molecular flexibility index (Phi) is 3.43. The average Bonchev–Trinajstić information content (AvgIpc) is 2.71. The van der Waals surface area contributed by atoms with Crippen molar-refractivity contribution in [2.24, 2.45) is 12.8 Å². The first-order valence-electron chi connectivity index (χ1n) is 5.71. The first-order chi connectivity index (χ1) is 8.60. The van der Waals surface area contributed by atoms with Gasteiger partial charge < -0.3 is 11.1 Å². The Morgan fingerprint density at radius 3 is 2.56 bits per heavy atom. The molecule has 3 N–H and O–H groups in total. The normalized spacial score (nSPS) is 10.4. The fourth-order valence-electron chi connectivity index (χ4n) is 1.77. The summed E-state index contributed by atoms with van der Waals surface area (Å²) in [6.45, 7) is 1.95. The summed E-state index contributed by atoms with van der Waals surface area (Å²) in [4.78, 5) is 10.9. The van der Waals surface area contributed by atoms with Crippen molar-refractivity contribution in [3.63, 3.8) is 0 Å². The minimum atomic E-state index is -0.0778. The quantitative estimate of drug-likeness (QED) is 0.859. The van der Waals surface area contributed by atoms with Crippen molar-refractivity contribution in [2.45, 2.75) is 13.5 Å². The maximum absolute atomic E-state index is 10.9. The fourth-order valence-corrected chi connectivity index (χ4v) is 1.77. The maximum atomic E-state index is 10.9. The Balaban J connectivity index is 2.25. The Bertz CT molecular complexity index is 557. The summed E-state index contributed by atoms with van der Waals surface area (Å²) >= 11 is 0. The van der Waals surface area contributed by atoms with Crippen molar-refractivity contribution in [3.8, 4) is 11.3 Å². The van der Waals surface area contributed by atoms with E-state index in [-0.39, 0.29) is 5.91 Å². The highest BCUT2D eigenvalue weighted by Gasteiger charge is 2.06. The third kappa shape index (κ3) is 2.57. The number of carbonyl (C=O) groups excluding carboxylic acids is 1. The number of nitrogens with zero attached hydrogens (tertiary/aromatic N) is 2. The molecule has 2 aromatic rings. The Morgan fingerprint density at radius 1 is 1.39 bits per heavy atom. The number of amides is 1. The number of anilines is 1. The molecule has 0 aliphatic carbocycles. The van der Waals surface area contributed by atoms with Crippen LogP contribution in [-0.4, -0.2) is 15.7 Å². The lowest BCUT2D eigenvalue weighted by Crippen LogP contribution is -2.05. The predicted molar refractivity (Wildman–Crippen MR) is 70.8 cm³/mol. The van der Waals surface area contributed by atoms with Gasteiger partial charge in [-0.15, -0.1) is 0 Å². The molecule has 1 amide bonds. The minimum absolute atomic E-state index is 0.0778. The highest BCUT2D eigenvalue weighted by molar-refractivity contribution is 5.88. The SMILES string of the molecule is CC(=O)Nc1ccc(-c2cc(CN)n(C)n2)cc1. The molecule has 0 unspecified atom stereocenters. The first-order valence-corrected chi connectivity index (χ1v) is 5.71. The predicted octanol–water partition coefficient (Wildman–Crippen LogP) is 1.50. The van der Waals surface area contributed by atoms with Gasteiger partial charge in [0.05, 0.1) is 11.4 Å². The second-order valence-electron chi connectivity index (χ2n) is 4.11. The van der Waals surface area contributed by atoms with E-state index in [1.165, 1.54) is 6.92 Å². The first kappa shape index (κ1) is 12.3. The van der Waals surface area contributed by atoms with E-state index in [1.54, 1.807) is 4.68 Å². The van der Waals surface area contributed by atoms with Crippen LogP contribution in [0, 0.1) is 0 Å². The van der Waals surface area contributed by atoms with Crippen LogP contribution in [0.3, 0.4) is 0 Å². The minimum Gasteiger partial charge on any atom is -0.326 e. The highest BCUT2D eigenvalue weighted by atomic mass is 16.1. The van der Waals surface area contributed by atoms with Crippen molar-refractivity contribution in [3.05, 3.63) is 36.0 Å². The standard InChI is InChI=1S/C13H16N4O/c1-9(18)15-11-5-3-10(4-6-11)13-7-12(8-14)17(2)16-13/h3-7H,8,14H2,1-2H3,(H,15,18). The van der Waals surface area contributed by atoms with E-state index in [1.807, 2.05) is 37.4 Å². The van der Waals surface area contributed by atoms with Crippen LogP contribution in [-0.2, 0) is 18.4 Å². The van der Waals surface area contributed by atoms with Gasteiger partial charge in [-0.05, 0) is 18.2 Å². The molecule has 1 heterocycles. The van der Waals surface area contributed by atoms with Crippen LogP contribution in [0.1, 0.15) is 12.6 Å². The molecule has 0 saturated carbocycles. The second kappa shape index (κ2) is 5.01. The van der Waals surface area contributed by atoms with Gasteiger partial charge >= 0.3 is 0 Å². The maximum Gasteiger partial charge on any atom is 0.221 e. The molecule has 18 heavy (non-hydrogen) atoms. The summed E-state index contributed by atoms with van der Waals surface area (Å²) in [5.41, 5.74) is 9.26. The van der Waals surface area contributed by atoms with Crippen LogP contribution < -0.4 is 11.1 Å². The van der Waals surface area contributed by atoms with E-state index >= 15 is 0 Å². The van der Waals surface area contributed by atoms with Gasteiger partial charge in [-0.25, -0.2) is 0 Å². The smallest absolute Gasteiger partial charge is 0.221 e. The second-order valence-corrected chi connectivity index (χ2v) is 4.11. The van der Waals surface area contributed by atoms with Crippen LogP contribution >= 0.6 is 0 Å². The molecule has 0 fully saturated rings. The number of aryl methyl sites for hydroxylation is 1. The van der Waals surface area contributed by atoms with Gasteiger partial charge in [-0.3, -0.25) is 9.48 Å². The lowest BCUT2D eigenvalue weighted by atomic mass is 10.1. The van der Waals surface area contributed by atoms with Gasteiger partial charge in [0.25, 0.3) is 0 Å². The average molecular weight is 244 g/mol. The summed E-state index contributed by atoms with van der Waals surface area (Å²) in [5, 5.41) is 7.12. The third-order valence-corrected chi connectivity index (χ3v) is 2.69. The van der Waals surface area contributed by atoms with E-state index in [0.717, 1.165) is 22.6 Å². The van der Waals surface area contributed by atoms with Crippen molar-refractivity contribution in [1.82, 2.24) is 9.78 Å². The molecule has 5 heteroatoms. The Hall–Kier alpha value is -2.14. The van der Waals surface area contributed by atoms with E-state index in [9.17, 15) is 4.79 Å².